The summed E-state index contributed by atoms with van der Waals surface area (Å²) in [5.74, 6) is 0.631. The highest BCUT2D eigenvalue weighted by Gasteiger charge is 2.05. The summed E-state index contributed by atoms with van der Waals surface area (Å²) in [6.45, 7) is 2.16. The molecule has 0 radical (unpaired) electrons. The summed E-state index contributed by atoms with van der Waals surface area (Å²) in [5, 5.41) is 4.06. The Morgan fingerprint density at radius 2 is 2.50 bits per heavy atom. The molecule has 0 saturated heterocycles. The first-order valence-corrected chi connectivity index (χ1v) is 2.89. The molecule has 1 atom stereocenters. The molecule has 0 aliphatic carbocycles. The lowest BCUT2D eigenvalue weighted by Crippen LogP contribution is -2.11. The fourth-order valence-corrected chi connectivity index (χ4v) is 0.646. The molecule has 0 amide bonds. The number of hydrazone groups is 1. The Balaban J connectivity index is 2.58. The minimum Gasteiger partial charge on any atom is -0.0984 e. The van der Waals surface area contributed by atoms with Gasteiger partial charge in [0.1, 0.15) is 0 Å². The summed E-state index contributed by atoms with van der Waals surface area (Å²) < 4.78 is 1.85. The lowest BCUT2D eigenvalue weighted by Gasteiger charge is -1.99. The van der Waals surface area contributed by atoms with Crippen molar-refractivity contribution in [1.82, 2.24) is 0 Å². The fraction of sp³-hybridized carbons (Fsp3) is 0.667. The van der Waals surface area contributed by atoms with Gasteiger partial charge in [-0.3, -0.25) is 0 Å². The second-order valence-corrected chi connectivity index (χ2v) is 2.23. The van der Waals surface area contributed by atoms with E-state index in [2.05, 4.69) is 18.2 Å². The van der Waals surface area contributed by atoms with Crippen LogP contribution in [-0.2, 0) is 0 Å². The maximum absolute atomic E-state index is 4.06. The lowest BCUT2D eigenvalue weighted by molar-refractivity contribution is -0.500. The maximum Gasteiger partial charge on any atom is 0.173 e. The molecule has 1 unspecified atom stereocenters. The first-order valence-electron chi connectivity index (χ1n) is 2.89. The monoisotopic (exact) mass is 111 g/mol. The zero-order valence-electron chi connectivity index (χ0n) is 5.33. The molecule has 2 heteroatoms. The van der Waals surface area contributed by atoms with Gasteiger partial charge >= 0.3 is 0 Å². The summed E-state index contributed by atoms with van der Waals surface area (Å²) in [6, 6.07) is 0. The maximum atomic E-state index is 4.06. The number of hydrogen-bond acceptors (Lipinski definition) is 1. The van der Waals surface area contributed by atoms with E-state index in [0.29, 0.717) is 5.92 Å². The van der Waals surface area contributed by atoms with Crippen LogP contribution in [0, 0.1) is 5.92 Å². The van der Waals surface area contributed by atoms with Gasteiger partial charge in [-0.2, -0.15) is 0 Å². The summed E-state index contributed by atoms with van der Waals surface area (Å²) in [5.41, 5.74) is 0. The summed E-state index contributed by atoms with van der Waals surface area (Å²) in [6.07, 6.45) is 5.19. The minimum absolute atomic E-state index is 0.631. The zero-order chi connectivity index (χ0) is 5.98. The molecule has 8 heavy (non-hydrogen) atoms. The van der Waals surface area contributed by atoms with Crippen LogP contribution in [0.5, 0.6) is 0 Å². The van der Waals surface area contributed by atoms with Gasteiger partial charge in [0.2, 0.25) is 0 Å². The first kappa shape index (κ1) is 5.48. The third-order valence-corrected chi connectivity index (χ3v) is 1.24. The van der Waals surface area contributed by atoms with Crippen molar-refractivity contribution < 1.29 is 4.68 Å². The fourth-order valence-electron chi connectivity index (χ4n) is 0.646. The van der Waals surface area contributed by atoms with Crippen LogP contribution in [0.4, 0.5) is 0 Å². The van der Waals surface area contributed by atoms with Crippen molar-refractivity contribution in [2.24, 2.45) is 11.0 Å². The van der Waals surface area contributed by atoms with Crippen LogP contribution in [0.1, 0.15) is 13.3 Å². The molecule has 44 valence electrons. The van der Waals surface area contributed by atoms with Crippen molar-refractivity contribution in [1.29, 1.82) is 0 Å². The Hall–Kier alpha value is -0.660. The molecule has 0 aromatic heterocycles. The predicted octanol–water partition coefficient (Wildman–Crippen LogP) is 0.725. The van der Waals surface area contributed by atoms with Crippen LogP contribution in [0.25, 0.3) is 0 Å². The van der Waals surface area contributed by atoms with E-state index in [1.165, 1.54) is 0 Å². The molecule has 0 bridgehead atoms. The van der Waals surface area contributed by atoms with Crippen LogP contribution in [0.15, 0.2) is 5.10 Å². The van der Waals surface area contributed by atoms with Crippen LogP contribution in [0.3, 0.4) is 0 Å². The molecule has 2 nitrogen and oxygen atoms in total. The minimum atomic E-state index is 0.631. The van der Waals surface area contributed by atoms with Gasteiger partial charge in [-0.15, -0.1) is 0 Å². The summed E-state index contributed by atoms with van der Waals surface area (Å²) in [7, 11) is 1.95. The SMILES string of the molecule is CC1C=N[N+](C)=CC1. The smallest absolute Gasteiger partial charge is 0.0984 e. The first-order chi connectivity index (χ1) is 3.79. The molecular weight excluding hydrogens is 100 g/mol. The van der Waals surface area contributed by atoms with Crippen LogP contribution >= 0.6 is 0 Å². The second-order valence-electron chi connectivity index (χ2n) is 2.23. The van der Waals surface area contributed by atoms with E-state index >= 15 is 0 Å². The highest BCUT2D eigenvalue weighted by Crippen LogP contribution is 1.98. The molecule has 1 heterocycles. The quantitative estimate of drug-likeness (QED) is 0.409. The molecule has 1 aliphatic heterocycles. The highest BCUT2D eigenvalue weighted by atomic mass is 15.3. The van der Waals surface area contributed by atoms with E-state index in [9.17, 15) is 0 Å². The molecule has 0 saturated carbocycles. The van der Waals surface area contributed by atoms with Gasteiger partial charge in [-0.1, -0.05) is 11.6 Å². The Kier molecular flexibility index (Phi) is 1.42. The van der Waals surface area contributed by atoms with Gasteiger partial charge in [-0.25, -0.2) is 0 Å². The van der Waals surface area contributed by atoms with E-state index < -0.39 is 0 Å². The van der Waals surface area contributed by atoms with Gasteiger partial charge in [0.25, 0.3) is 0 Å². The average molecular weight is 111 g/mol. The van der Waals surface area contributed by atoms with Crippen LogP contribution in [0.2, 0.25) is 0 Å². The van der Waals surface area contributed by atoms with Gasteiger partial charge in [0, 0.05) is 12.3 Å². The van der Waals surface area contributed by atoms with Crippen molar-refractivity contribution in [3.63, 3.8) is 0 Å². The third-order valence-electron chi connectivity index (χ3n) is 1.24. The van der Waals surface area contributed by atoms with E-state index in [1.54, 1.807) is 0 Å². The number of hydrogen-bond donors (Lipinski definition) is 0. The molecule has 1 rings (SSSR count). The molecule has 1 aliphatic rings. The predicted molar refractivity (Wildman–Crippen MR) is 34.5 cm³/mol. The Labute approximate surface area is 49.5 Å². The normalized spacial score (nSPS) is 27.8. The van der Waals surface area contributed by atoms with Crippen molar-refractivity contribution >= 4 is 12.4 Å². The largest absolute Gasteiger partial charge is 0.173 e. The van der Waals surface area contributed by atoms with Crippen molar-refractivity contribution in [2.75, 3.05) is 7.05 Å². The molecule has 0 fully saturated rings. The number of nitrogens with zero attached hydrogens (tertiary/aromatic N) is 2. The average Bonchev–Trinajstić information content (AvgIpc) is 1.77. The topological polar surface area (TPSA) is 15.4 Å². The standard InChI is InChI=1S/C6H11N2/c1-6-3-4-8(2)7-5-6/h4-6H,3H2,1-2H3/q+1. The highest BCUT2D eigenvalue weighted by molar-refractivity contribution is 5.67. The van der Waals surface area contributed by atoms with Crippen molar-refractivity contribution in [2.45, 2.75) is 13.3 Å². The van der Waals surface area contributed by atoms with Crippen LogP contribution in [-0.4, -0.2) is 24.2 Å². The van der Waals surface area contributed by atoms with Gasteiger partial charge in [0.05, 0.1) is 6.21 Å². The van der Waals surface area contributed by atoms with E-state index in [-0.39, 0.29) is 0 Å². The molecular formula is C6H11N2+. The lowest BCUT2D eigenvalue weighted by atomic mass is 10.1. The van der Waals surface area contributed by atoms with Crippen LogP contribution < -0.4 is 0 Å². The second kappa shape index (κ2) is 2.07. The van der Waals surface area contributed by atoms with Gasteiger partial charge in [0.15, 0.2) is 13.3 Å². The molecule has 0 aromatic rings. The van der Waals surface area contributed by atoms with E-state index in [0.717, 1.165) is 6.42 Å². The third kappa shape index (κ3) is 1.15. The van der Waals surface area contributed by atoms with E-state index in [1.807, 2.05) is 17.9 Å². The van der Waals surface area contributed by atoms with Gasteiger partial charge < -0.3 is 0 Å². The summed E-state index contributed by atoms with van der Waals surface area (Å²) in [4.78, 5) is 0. The molecule has 0 spiro atoms. The Morgan fingerprint density at radius 1 is 1.75 bits per heavy atom. The van der Waals surface area contributed by atoms with E-state index in [4.69, 9.17) is 0 Å². The number of rotatable bonds is 0. The Morgan fingerprint density at radius 3 is 2.88 bits per heavy atom. The van der Waals surface area contributed by atoms with Crippen molar-refractivity contribution in [3.05, 3.63) is 0 Å². The summed E-state index contributed by atoms with van der Waals surface area (Å²) >= 11 is 0. The van der Waals surface area contributed by atoms with Gasteiger partial charge in [-0.05, 0) is 5.10 Å². The molecule has 0 N–H and O–H groups in total. The molecule has 0 aromatic carbocycles. The zero-order valence-corrected chi connectivity index (χ0v) is 5.33. The Bertz CT molecular complexity index is 135. The van der Waals surface area contributed by atoms with Crippen molar-refractivity contribution in [3.8, 4) is 0 Å².